The topological polar surface area (TPSA) is 66.5 Å². The normalized spacial score (nSPS) is 16.9. The molecule has 2 heterocycles. The summed E-state index contributed by atoms with van der Waals surface area (Å²) in [6.07, 6.45) is 1.36. The standard InChI is InChI=1S/C15H8ClFN2O3S/c16-12-6-5-10(23-12)7-11-13(20)18-15(22)19(14(11)21)9-3-1-8(17)2-4-9/h1-7H,(H,18,20,22). The highest BCUT2D eigenvalue weighted by molar-refractivity contribution is 7.17. The van der Waals surface area contributed by atoms with Crippen LogP contribution in [-0.2, 0) is 9.59 Å². The molecule has 1 aliphatic heterocycles. The zero-order valence-corrected chi connectivity index (χ0v) is 13.0. The maximum Gasteiger partial charge on any atom is 0.335 e. The third kappa shape index (κ3) is 3.01. The highest BCUT2D eigenvalue weighted by atomic mass is 35.5. The molecule has 23 heavy (non-hydrogen) atoms. The summed E-state index contributed by atoms with van der Waals surface area (Å²) < 4.78 is 13.5. The van der Waals surface area contributed by atoms with Gasteiger partial charge in [0.2, 0.25) is 0 Å². The first-order valence-corrected chi connectivity index (χ1v) is 7.57. The van der Waals surface area contributed by atoms with Crippen LogP contribution in [-0.4, -0.2) is 17.8 Å². The molecule has 1 fully saturated rings. The first-order valence-electron chi connectivity index (χ1n) is 6.38. The molecule has 0 bridgehead atoms. The summed E-state index contributed by atoms with van der Waals surface area (Å²) >= 11 is 7.01. The number of carbonyl (C=O) groups is 3. The van der Waals surface area contributed by atoms with Crippen molar-refractivity contribution >= 4 is 52.5 Å². The van der Waals surface area contributed by atoms with Gasteiger partial charge in [0, 0.05) is 4.88 Å². The summed E-state index contributed by atoms with van der Waals surface area (Å²) in [4.78, 5) is 37.7. The van der Waals surface area contributed by atoms with Crippen LogP contribution in [0.1, 0.15) is 4.88 Å². The molecule has 0 atom stereocenters. The molecule has 1 aromatic carbocycles. The number of thiophene rings is 1. The van der Waals surface area contributed by atoms with Crippen LogP contribution in [0.2, 0.25) is 4.34 Å². The van der Waals surface area contributed by atoms with Gasteiger partial charge in [-0.05, 0) is 42.5 Å². The van der Waals surface area contributed by atoms with Crippen molar-refractivity contribution in [2.45, 2.75) is 0 Å². The fourth-order valence-corrected chi connectivity index (χ4v) is 3.03. The van der Waals surface area contributed by atoms with E-state index in [4.69, 9.17) is 11.6 Å². The minimum Gasteiger partial charge on any atom is -0.273 e. The average molecular weight is 351 g/mol. The number of benzene rings is 1. The fraction of sp³-hybridized carbons (Fsp3) is 0. The van der Waals surface area contributed by atoms with Gasteiger partial charge in [0.05, 0.1) is 10.0 Å². The second-order valence-corrected chi connectivity index (χ2v) is 6.32. The number of halogens is 2. The van der Waals surface area contributed by atoms with Crippen molar-refractivity contribution in [1.29, 1.82) is 0 Å². The molecule has 1 aromatic heterocycles. The predicted molar refractivity (Wildman–Crippen MR) is 84.7 cm³/mol. The Balaban J connectivity index is 2.00. The van der Waals surface area contributed by atoms with Crippen LogP contribution in [0.4, 0.5) is 14.9 Å². The molecule has 0 unspecified atom stereocenters. The van der Waals surface area contributed by atoms with Crippen LogP contribution in [0, 0.1) is 5.82 Å². The molecular weight excluding hydrogens is 343 g/mol. The average Bonchev–Trinajstić information content (AvgIpc) is 2.91. The first kappa shape index (κ1) is 15.4. The lowest BCUT2D eigenvalue weighted by molar-refractivity contribution is -0.122. The third-order valence-corrected chi connectivity index (χ3v) is 4.25. The van der Waals surface area contributed by atoms with E-state index in [-0.39, 0.29) is 11.3 Å². The van der Waals surface area contributed by atoms with E-state index in [2.05, 4.69) is 5.32 Å². The van der Waals surface area contributed by atoms with Gasteiger partial charge in [-0.1, -0.05) is 11.6 Å². The number of barbiturate groups is 1. The molecular formula is C15H8ClFN2O3S. The maximum absolute atomic E-state index is 13.0. The molecule has 1 N–H and O–H groups in total. The van der Waals surface area contributed by atoms with Gasteiger partial charge in [-0.2, -0.15) is 0 Å². The Morgan fingerprint density at radius 1 is 1.09 bits per heavy atom. The number of urea groups is 1. The number of rotatable bonds is 2. The molecule has 0 saturated carbocycles. The number of hydrogen-bond acceptors (Lipinski definition) is 4. The van der Waals surface area contributed by atoms with Gasteiger partial charge < -0.3 is 0 Å². The van der Waals surface area contributed by atoms with Gasteiger partial charge in [0.25, 0.3) is 11.8 Å². The Kier molecular flexibility index (Phi) is 3.97. The van der Waals surface area contributed by atoms with Crippen molar-refractivity contribution in [3.8, 4) is 0 Å². The van der Waals surface area contributed by atoms with Crippen molar-refractivity contribution in [2.24, 2.45) is 0 Å². The summed E-state index contributed by atoms with van der Waals surface area (Å²) in [5.74, 6) is -2.07. The maximum atomic E-state index is 13.0. The van der Waals surface area contributed by atoms with Crippen molar-refractivity contribution < 1.29 is 18.8 Å². The lowest BCUT2D eigenvalue weighted by Gasteiger charge is -2.26. The Morgan fingerprint density at radius 2 is 1.78 bits per heavy atom. The van der Waals surface area contributed by atoms with Gasteiger partial charge >= 0.3 is 6.03 Å². The van der Waals surface area contributed by atoms with E-state index in [1.807, 2.05) is 0 Å². The summed E-state index contributed by atoms with van der Waals surface area (Å²) in [5.41, 5.74) is -0.0380. The molecule has 5 nitrogen and oxygen atoms in total. The SMILES string of the molecule is O=C1NC(=O)N(c2ccc(F)cc2)C(=O)C1=Cc1ccc(Cl)s1. The Hall–Kier alpha value is -2.51. The Morgan fingerprint density at radius 3 is 2.39 bits per heavy atom. The smallest absolute Gasteiger partial charge is 0.273 e. The minimum absolute atomic E-state index is 0.163. The molecule has 8 heteroatoms. The first-order chi connectivity index (χ1) is 11.0. The summed E-state index contributed by atoms with van der Waals surface area (Å²) in [6.45, 7) is 0. The zero-order valence-electron chi connectivity index (χ0n) is 11.4. The zero-order chi connectivity index (χ0) is 16.6. The van der Waals surface area contributed by atoms with E-state index in [0.29, 0.717) is 9.21 Å². The van der Waals surface area contributed by atoms with Crippen LogP contribution >= 0.6 is 22.9 Å². The van der Waals surface area contributed by atoms with E-state index in [1.54, 1.807) is 12.1 Å². The van der Waals surface area contributed by atoms with Crippen LogP contribution in [0.5, 0.6) is 0 Å². The minimum atomic E-state index is -0.882. The summed E-state index contributed by atoms with van der Waals surface area (Å²) in [5, 5.41) is 2.09. The number of imide groups is 2. The molecule has 0 aliphatic carbocycles. The second kappa shape index (κ2) is 5.94. The summed E-state index contributed by atoms with van der Waals surface area (Å²) in [6, 6.07) is 7.20. The molecule has 1 aliphatic rings. The van der Waals surface area contributed by atoms with Gasteiger partial charge in [-0.15, -0.1) is 11.3 Å². The number of anilines is 1. The van der Waals surface area contributed by atoms with Crippen LogP contribution in [0.15, 0.2) is 42.0 Å². The highest BCUT2D eigenvalue weighted by Gasteiger charge is 2.36. The van der Waals surface area contributed by atoms with Crippen molar-refractivity contribution in [3.05, 3.63) is 57.0 Å². The largest absolute Gasteiger partial charge is 0.335 e. The number of hydrogen-bond donors (Lipinski definition) is 1. The predicted octanol–water partition coefficient (Wildman–Crippen LogP) is 3.21. The van der Waals surface area contributed by atoms with E-state index in [1.165, 1.54) is 29.5 Å². The van der Waals surface area contributed by atoms with Crippen molar-refractivity contribution in [2.75, 3.05) is 4.90 Å². The number of nitrogens with zero attached hydrogens (tertiary/aromatic N) is 1. The van der Waals surface area contributed by atoms with Crippen molar-refractivity contribution in [3.63, 3.8) is 0 Å². The number of carbonyl (C=O) groups excluding carboxylic acids is 3. The monoisotopic (exact) mass is 350 g/mol. The van der Waals surface area contributed by atoms with Gasteiger partial charge in [0.1, 0.15) is 11.4 Å². The van der Waals surface area contributed by atoms with E-state index < -0.39 is 23.7 Å². The van der Waals surface area contributed by atoms with Crippen LogP contribution in [0.3, 0.4) is 0 Å². The molecule has 4 amide bonds. The molecule has 2 aromatic rings. The molecule has 0 radical (unpaired) electrons. The molecule has 3 rings (SSSR count). The fourth-order valence-electron chi connectivity index (χ4n) is 2.03. The Labute approximate surface area is 139 Å². The second-order valence-electron chi connectivity index (χ2n) is 4.58. The third-order valence-electron chi connectivity index (χ3n) is 3.07. The van der Waals surface area contributed by atoms with Crippen molar-refractivity contribution in [1.82, 2.24) is 5.32 Å². The quantitative estimate of drug-likeness (QED) is 0.668. The van der Waals surface area contributed by atoms with E-state index in [0.717, 1.165) is 17.0 Å². The van der Waals surface area contributed by atoms with Gasteiger partial charge in [-0.25, -0.2) is 14.1 Å². The summed E-state index contributed by atoms with van der Waals surface area (Å²) in [7, 11) is 0. The lowest BCUT2D eigenvalue weighted by atomic mass is 10.1. The van der Waals surface area contributed by atoms with E-state index in [9.17, 15) is 18.8 Å². The van der Waals surface area contributed by atoms with Gasteiger partial charge in [-0.3, -0.25) is 14.9 Å². The van der Waals surface area contributed by atoms with Crippen LogP contribution < -0.4 is 10.2 Å². The molecule has 116 valence electrons. The van der Waals surface area contributed by atoms with Crippen LogP contribution in [0.25, 0.3) is 6.08 Å². The van der Waals surface area contributed by atoms with E-state index >= 15 is 0 Å². The molecule has 0 spiro atoms. The molecule has 1 saturated heterocycles. The highest BCUT2D eigenvalue weighted by Crippen LogP contribution is 2.26. The number of nitrogens with one attached hydrogen (secondary N) is 1. The number of amides is 4. The lowest BCUT2D eigenvalue weighted by Crippen LogP contribution is -2.54. The van der Waals surface area contributed by atoms with Gasteiger partial charge in [0.15, 0.2) is 0 Å². The Bertz CT molecular complexity index is 845.